The first kappa shape index (κ1) is 21.4. The number of hydrogen-bond donors (Lipinski definition) is 1. The Morgan fingerprint density at radius 3 is 2.13 bits per heavy atom. The fraction of sp³-hybridized carbons (Fsp3) is 0.450. The molecule has 1 aliphatic heterocycles. The highest BCUT2D eigenvalue weighted by Gasteiger charge is 2.45. The fourth-order valence-electron chi connectivity index (χ4n) is 4.66. The molecule has 4 rings (SSSR count). The summed E-state index contributed by atoms with van der Waals surface area (Å²) in [5.41, 5.74) is -2.53. The van der Waals surface area contributed by atoms with Crippen molar-refractivity contribution in [1.29, 1.82) is 0 Å². The SMILES string of the molecule is O=C(O)c1cc(C(F)(F)F)nc(N2CC3CC(c4ccccc4C(F)(F)F)CC3C2)n1. The number of aromatic carboxylic acids is 1. The van der Waals surface area contributed by atoms with Crippen molar-refractivity contribution >= 4 is 11.9 Å². The van der Waals surface area contributed by atoms with Crippen LogP contribution < -0.4 is 4.90 Å². The Balaban J connectivity index is 1.55. The average Bonchev–Trinajstić information content (AvgIpc) is 3.25. The maximum atomic E-state index is 13.3. The predicted octanol–water partition coefficient (Wildman–Crippen LogP) is 4.84. The molecule has 2 fully saturated rings. The Labute approximate surface area is 172 Å². The normalized spacial score (nSPS) is 23.8. The lowest BCUT2D eigenvalue weighted by molar-refractivity contribution is -0.141. The van der Waals surface area contributed by atoms with E-state index in [-0.39, 0.29) is 42.4 Å². The number of nitrogens with zero attached hydrogens (tertiary/aromatic N) is 3. The summed E-state index contributed by atoms with van der Waals surface area (Å²) in [4.78, 5) is 19.9. The number of fused-ring (bicyclic) bond motifs is 1. The van der Waals surface area contributed by atoms with E-state index in [9.17, 15) is 31.1 Å². The van der Waals surface area contributed by atoms with Gasteiger partial charge >= 0.3 is 18.3 Å². The Kier molecular flexibility index (Phi) is 5.09. The van der Waals surface area contributed by atoms with Crippen molar-refractivity contribution in [1.82, 2.24) is 9.97 Å². The highest BCUT2D eigenvalue weighted by molar-refractivity contribution is 5.85. The van der Waals surface area contributed by atoms with Crippen LogP contribution in [0.25, 0.3) is 0 Å². The summed E-state index contributed by atoms with van der Waals surface area (Å²) in [5.74, 6) is -2.31. The Morgan fingerprint density at radius 2 is 1.58 bits per heavy atom. The van der Waals surface area contributed by atoms with E-state index in [0.717, 1.165) is 6.07 Å². The minimum atomic E-state index is -4.83. The second kappa shape index (κ2) is 7.38. The van der Waals surface area contributed by atoms with Crippen LogP contribution in [0.4, 0.5) is 32.3 Å². The number of halogens is 6. The molecule has 11 heteroatoms. The molecule has 1 saturated carbocycles. The number of anilines is 1. The van der Waals surface area contributed by atoms with Crippen LogP contribution >= 0.6 is 0 Å². The number of aromatic nitrogens is 2. The first-order valence-electron chi connectivity index (χ1n) is 9.54. The van der Waals surface area contributed by atoms with Crippen LogP contribution in [0.1, 0.15) is 46.1 Å². The lowest BCUT2D eigenvalue weighted by Gasteiger charge is -2.22. The van der Waals surface area contributed by atoms with Crippen molar-refractivity contribution in [3.05, 3.63) is 52.8 Å². The molecule has 2 aliphatic rings. The Bertz CT molecular complexity index is 993. The summed E-state index contributed by atoms with van der Waals surface area (Å²) >= 11 is 0. The Morgan fingerprint density at radius 1 is 0.968 bits per heavy atom. The van der Waals surface area contributed by atoms with E-state index in [4.69, 9.17) is 5.11 Å². The summed E-state index contributed by atoms with van der Waals surface area (Å²) in [5, 5.41) is 9.09. The van der Waals surface area contributed by atoms with Gasteiger partial charge in [-0.1, -0.05) is 18.2 Å². The summed E-state index contributed by atoms with van der Waals surface area (Å²) in [7, 11) is 0. The van der Waals surface area contributed by atoms with E-state index < -0.39 is 35.3 Å². The van der Waals surface area contributed by atoms with Crippen molar-refractivity contribution in [2.75, 3.05) is 18.0 Å². The van der Waals surface area contributed by atoms with Crippen LogP contribution in [0, 0.1) is 11.8 Å². The molecule has 1 aromatic heterocycles. The molecule has 1 saturated heterocycles. The molecular weight excluding hydrogens is 428 g/mol. The lowest BCUT2D eigenvalue weighted by atomic mass is 9.91. The number of alkyl halides is 6. The zero-order valence-corrected chi connectivity index (χ0v) is 15.9. The third-order valence-corrected chi connectivity index (χ3v) is 5.96. The van der Waals surface area contributed by atoms with E-state index in [1.54, 1.807) is 6.07 Å². The number of carboxylic acids is 1. The van der Waals surface area contributed by atoms with Gasteiger partial charge in [-0.05, 0) is 42.2 Å². The van der Waals surface area contributed by atoms with Crippen molar-refractivity contribution in [3.63, 3.8) is 0 Å². The van der Waals surface area contributed by atoms with Gasteiger partial charge < -0.3 is 10.0 Å². The highest BCUT2D eigenvalue weighted by Crippen LogP contribution is 2.49. The summed E-state index contributed by atoms with van der Waals surface area (Å²) in [6.07, 6.45) is -8.37. The lowest BCUT2D eigenvalue weighted by Crippen LogP contribution is -2.26. The molecular formula is C20H17F6N3O2. The van der Waals surface area contributed by atoms with Crippen LogP contribution in [0.5, 0.6) is 0 Å². The molecule has 2 heterocycles. The number of hydrogen-bond acceptors (Lipinski definition) is 4. The molecule has 1 N–H and O–H groups in total. The van der Waals surface area contributed by atoms with E-state index >= 15 is 0 Å². The quantitative estimate of drug-likeness (QED) is 0.685. The maximum absolute atomic E-state index is 13.3. The van der Waals surface area contributed by atoms with Gasteiger partial charge in [-0.2, -0.15) is 26.3 Å². The van der Waals surface area contributed by atoms with Gasteiger partial charge in [0.15, 0.2) is 11.4 Å². The number of carbonyl (C=O) groups is 1. The van der Waals surface area contributed by atoms with Gasteiger partial charge in [-0.15, -0.1) is 0 Å². The molecule has 0 spiro atoms. The number of carboxylic acid groups (broad SMARTS) is 1. The van der Waals surface area contributed by atoms with E-state index in [2.05, 4.69) is 9.97 Å². The molecule has 2 atom stereocenters. The maximum Gasteiger partial charge on any atom is 0.433 e. The van der Waals surface area contributed by atoms with Gasteiger partial charge in [0.1, 0.15) is 0 Å². The van der Waals surface area contributed by atoms with Crippen molar-refractivity contribution in [2.24, 2.45) is 11.8 Å². The molecule has 0 bridgehead atoms. The van der Waals surface area contributed by atoms with E-state index in [1.807, 2.05) is 0 Å². The topological polar surface area (TPSA) is 66.3 Å². The fourth-order valence-corrected chi connectivity index (χ4v) is 4.66. The molecule has 5 nitrogen and oxygen atoms in total. The molecule has 2 aromatic rings. The zero-order chi connectivity index (χ0) is 22.6. The van der Waals surface area contributed by atoms with Gasteiger partial charge in [-0.3, -0.25) is 0 Å². The van der Waals surface area contributed by atoms with Crippen LogP contribution in [-0.4, -0.2) is 34.1 Å². The van der Waals surface area contributed by atoms with Crippen LogP contribution in [0.15, 0.2) is 30.3 Å². The molecule has 2 unspecified atom stereocenters. The third kappa shape index (κ3) is 4.17. The predicted molar refractivity (Wildman–Crippen MR) is 96.6 cm³/mol. The van der Waals surface area contributed by atoms with Gasteiger partial charge in [-0.25, -0.2) is 14.8 Å². The Hall–Kier alpha value is -2.85. The first-order chi connectivity index (χ1) is 14.4. The third-order valence-electron chi connectivity index (χ3n) is 5.96. The minimum absolute atomic E-state index is 0.0438. The highest BCUT2D eigenvalue weighted by atomic mass is 19.4. The summed E-state index contributed by atoms with van der Waals surface area (Å²) < 4.78 is 79.4. The number of rotatable bonds is 3. The first-order valence-corrected chi connectivity index (χ1v) is 9.54. The van der Waals surface area contributed by atoms with Crippen LogP contribution in [0.2, 0.25) is 0 Å². The minimum Gasteiger partial charge on any atom is -0.477 e. The summed E-state index contributed by atoms with van der Waals surface area (Å²) in [6.45, 7) is 0.519. The van der Waals surface area contributed by atoms with Crippen molar-refractivity contribution in [3.8, 4) is 0 Å². The average molecular weight is 445 g/mol. The molecule has 0 amide bonds. The smallest absolute Gasteiger partial charge is 0.433 e. The molecule has 1 aliphatic carbocycles. The standard InChI is InChI=1S/C20H17F6N3O2/c21-19(22,23)14-4-2-1-3-13(14)10-5-11-8-29(9-12(11)6-10)18-27-15(17(30)31)7-16(28-18)20(24,25)26/h1-4,7,10-12H,5-6,8-9H2,(H,30,31). The van der Waals surface area contributed by atoms with Crippen molar-refractivity contribution in [2.45, 2.75) is 31.1 Å². The second-order valence-electron chi connectivity index (χ2n) is 7.92. The van der Waals surface area contributed by atoms with Gasteiger partial charge in [0.2, 0.25) is 5.95 Å². The monoisotopic (exact) mass is 445 g/mol. The second-order valence-corrected chi connectivity index (χ2v) is 7.92. The van der Waals surface area contributed by atoms with E-state index in [0.29, 0.717) is 18.9 Å². The van der Waals surface area contributed by atoms with Crippen LogP contribution in [0.3, 0.4) is 0 Å². The zero-order valence-electron chi connectivity index (χ0n) is 15.9. The molecule has 166 valence electrons. The van der Waals surface area contributed by atoms with E-state index in [1.165, 1.54) is 17.0 Å². The molecule has 31 heavy (non-hydrogen) atoms. The van der Waals surface area contributed by atoms with Gasteiger partial charge in [0, 0.05) is 19.2 Å². The summed E-state index contributed by atoms with van der Waals surface area (Å²) in [6, 6.07) is 5.82. The van der Waals surface area contributed by atoms with Gasteiger partial charge in [0.25, 0.3) is 0 Å². The molecule has 0 radical (unpaired) electrons. The molecule has 1 aromatic carbocycles. The number of benzene rings is 1. The van der Waals surface area contributed by atoms with Crippen molar-refractivity contribution < 1.29 is 36.2 Å². The van der Waals surface area contributed by atoms with Gasteiger partial charge in [0.05, 0.1) is 5.56 Å². The van der Waals surface area contributed by atoms with Crippen LogP contribution in [-0.2, 0) is 12.4 Å². The largest absolute Gasteiger partial charge is 0.477 e.